The lowest BCUT2D eigenvalue weighted by Crippen LogP contribution is -2.61. The summed E-state index contributed by atoms with van der Waals surface area (Å²) in [6.07, 6.45) is 2.33. The molecule has 3 N–H and O–H groups in total. The summed E-state index contributed by atoms with van der Waals surface area (Å²) in [5, 5.41) is 3.84. The van der Waals surface area contributed by atoms with Crippen LogP contribution in [-0.2, 0) is 6.18 Å². The summed E-state index contributed by atoms with van der Waals surface area (Å²) in [5.41, 5.74) is 3.24. The van der Waals surface area contributed by atoms with Gasteiger partial charge >= 0.3 is 12.2 Å². The topological polar surface area (TPSA) is 92.4 Å². The average molecular weight is 676 g/mol. The van der Waals surface area contributed by atoms with Gasteiger partial charge in [0.05, 0.1) is 33.7 Å². The largest absolute Gasteiger partial charge is 0.461 e. The second-order valence-electron chi connectivity index (χ2n) is 14.0. The molecule has 1 aliphatic carbocycles. The molecule has 47 heavy (non-hydrogen) atoms. The van der Waals surface area contributed by atoms with Gasteiger partial charge in [-0.25, -0.2) is 13.8 Å². The molecule has 250 valence electrons. The fraction of sp³-hybridized carbons (Fsp3) is 0.545. The number of fused-ring (bicyclic) bond motifs is 4. The molecule has 4 saturated heterocycles. The zero-order chi connectivity index (χ0) is 32.9. The Morgan fingerprint density at radius 2 is 1.98 bits per heavy atom. The highest BCUT2D eigenvalue weighted by molar-refractivity contribution is 6.34. The fourth-order valence-corrected chi connectivity index (χ4v) is 9.02. The number of nitrogens with one attached hydrogen (secondary N) is 1. The predicted octanol–water partition coefficient (Wildman–Crippen LogP) is 6.59. The van der Waals surface area contributed by atoms with Crippen molar-refractivity contribution in [2.45, 2.75) is 75.2 Å². The molecule has 0 radical (unpaired) electrons. The molecule has 5 aliphatic rings. The minimum atomic E-state index is -4.85. The van der Waals surface area contributed by atoms with Crippen LogP contribution in [0.1, 0.15) is 56.1 Å². The third-order valence-corrected chi connectivity index (χ3v) is 11.2. The third-order valence-electron chi connectivity index (χ3n) is 10.9. The van der Waals surface area contributed by atoms with Gasteiger partial charge in [-0.2, -0.15) is 23.1 Å². The molecule has 5 fully saturated rings. The number of pyridine rings is 1. The van der Waals surface area contributed by atoms with E-state index >= 15 is 4.39 Å². The van der Waals surface area contributed by atoms with E-state index in [-0.39, 0.29) is 51.5 Å². The molecule has 1 saturated carbocycles. The van der Waals surface area contributed by atoms with E-state index in [1.54, 1.807) is 0 Å². The molecule has 4 aliphatic heterocycles. The molecule has 8 rings (SSSR count). The van der Waals surface area contributed by atoms with E-state index in [4.69, 9.17) is 27.1 Å². The van der Waals surface area contributed by atoms with Crippen LogP contribution in [0.15, 0.2) is 24.0 Å². The maximum absolute atomic E-state index is 16.8. The first-order chi connectivity index (χ1) is 22.4. The number of anilines is 2. The van der Waals surface area contributed by atoms with Crippen LogP contribution in [0.3, 0.4) is 0 Å². The standard InChI is InChI=1S/C33H35ClF5N7O/c1-17-9-23(40)41-28(25(17)33(37,38)39)24-22(34)10-21-27(26(24)36)42-30(47-16-31-6-2-8-46(31)13-18(11-31)12-35)43-29(21)45-14-20-5-7-32(15-45,44-20)19-3-4-19/h9-10,12,19-20,44H,2-8,11,13-16H2,1H3,(H2,40,41)/b18-12+/t20-,31-,32+/m0/s1. The van der Waals surface area contributed by atoms with Gasteiger partial charge in [0.25, 0.3) is 0 Å². The van der Waals surface area contributed by atoms with Gasteiger partial charge in [0.15, 0.2) is 5.82 Å². The summed E-state index contributed by atoms with van der Waals surface area (Å²) in [4.78, 5) is 17.5. The highest BCUT2D eigenvalue weighted by Crippen LogP contribution is 2.50. The van der Waals surface area contributed by atoms with Crippen molar-refractivity contribution in [2.75, 3.05) is 43.4 Å². The van der Waals surface area contributed by atoms with Gasteiger partial charge in [-0.15, -0.1) is 0 Å². The molecule has 6 heterocycles. The summed E-state index contributed by atoms with van der Waals surface area (Å²) < 4.78 is 79.6. The first kappa shape index (κ1) is 31.0. The Labute approximate surface area is 273 Å². The van der Waals surface area contributed by atoms with E-state index in [1.165, 1.54) is 13.0 Å². The lowest BCUT2D eigenvalue weighted by molar-refractivity contribution is -0.137. The number of nitrogen functional groups attached to an aromatic ring is 1. The number of hydrogen-bond donors (Lipinski definition) is 2. The normalized spacial score (nSPS) is 28.5. The lowest BCUT2D eigenvalue weighted by Gasteiger charge is -2.42. The number of aromatic nitrogens is 3. The number of ether oxygens (including phenoxy) is 1. The van der Waals surface area contributed by atoms with E-state index in [0.29, 0.717) is 49.7 Å². The van der Waals surface area contributed by atoms with Crippen molar-refractivity contribution in [3.8, 4) is 17.3 Å². The Balaban J connectivity index is 1.27. The SMILES string of the molecule is Cc1cc(N)nc(-c2c(Cl)cc3c(N4C[C@@H]5CC[C@](C6CC6)(C4)N5)nc(OC[C@@]45CCCN4C/C(=C/F)C5)nc3c2F)c1C(F)(F)F. The Bertz CT molecular complexity index is 1820. The van der Waals surface area contributed by atoms with Crippen LogP contribution < -0.4 is 20.7 Å². The monoisotopic (exact) mass is 675 g/mol. The molecule has 1 aromatic carbocycles. The number of benzene rings is 1. The summed E-state index contributed by atoms with van der Waals surface area (Å²) in [6, 6.07) is 2.63. The average Bonchev–Trinajstić information content (AvgIpc) is 3.62. The molecule has 2 aromatic heterocycles. The predicted molar refractivity (Wildman–Crippen MR) is 169 cm³/mol. The Morgan fingerprint density at radius 3 is 2.72 bits per heavy atom. The van der Waals surface area contributed by atoms with Gasteiger partial charge in [-0.05, 0) is 87.6 Å². The first-order valence-electron chi connectivity index (χ1n) is 16.1. The molecule has 2 bridgehead atoms. The number of rotatable bonds is 6. The summed E-state index contributed by atoms with van der Waals surface area (Å²) >= 11 is 6.67. The highest BCUT2D eigenvalue weighted by atomic mass is 35.5. The smallest absolute Gasteiger partial charge is 0.418 e. The molecular formula is C33H35ClF5N7O. The maximum Gasteiger partial charge on any atom is 0.418 e. The van der Waals surface area contributed by atoms with Gasteiger partial charge in [-0.3, -0.25) is 4.90 Å². The fourth-order valence-electron chi connectivity index (χ4n) is 8.73. The highest BCUT2D eigenvalue weighted by Gasteiger charge is 2.53. The van der Waals surface area contributed by atoms with Gasteiger partial charge in [0.1, 0.15) is 23.8 Å². The molecule has 3 aromatic rings. The van der Waals surface area contributed by atoms with Crippen LogP contribution in [0.25, 0.3) is 22.2 Å². The third kappa shape index (κ3) is 5.11. The molecule has 0 amide bonds. The Kier molecular flexibility index (Phi) is 7.17. The van der Waals surface area contributed by atoms with Crippen molar-refractivity contribution < 1.29 is 26.7 Å². The molecular weight excluding hydrogens is 641 g/mol. The van der Waals surface area contributed by atoms with Crippen LogP contribution in [0.2, 0.25) is 5.02 Å². The summed E-state index contributed by atoms with van der Waals surface area (Å²) in [5.74, 6) is -0.311. The van der Waals surface area contributed by atoms with Crippen molar-refractivity contribution in [1.29, 1.82) is 0 Å². The molecule has 0 unspecified atom stereocenters. The second-order valence-corrected chi connectivity index (χ2v) is 14.4. The lowest BCUT2D eigenvalue weighted by atomic mass is 9.90. The van der Waals surface area contributed by atoms with E-state index < -0.39 is 34.4 Å². The van der Waals surface area contributed by atoms with Crippen LogP contribution in [0, 0.1) is 18.7 Å². The number of aryl methyl sites for hydroxylation is 1. The van der Waals surface area contributed by atoms with Crippen molar-refractivity contribution in [3.63, 3.8) is 0 Å². The number of hydrogen-bond acceptors (Lipinski definition) is 8. The Hall–Kier alpha value is -3.29. The quantitative estimate of drug-likeness (QED) is 0.283. The van der Waals surface area contributed by atoms with Crippen molar-refractivity contribution in [2.24, 2.45) is 5.92 Å². The summed E-state index contributed by atoms with van der Waals surface area (Å²) in [6.45, 7) is 3.97. The van der Waals surface area contributed by atoms with Gasteiger partial charge in [0, 0.05) is 36.6 Å². The van der Waals surface area contributed by atoms with E-state index in [1.807, 2.05) is 0 Å². The molecule has 8 nitrogen and oxygen atoms in total. The number of nitrogens with zero attached hydrogens (tertiary/aromatic N) is 5. The van der Waals surface area contributed by atoms with Crippen molar-refractivity contribution in [3.05, 3.63) is 46.0 Å². The second kappa shape index (κ2) is 10.9. The minimum absolute atomic E-state index is 0.0869. The van der Waals surface area contributed by atoms with Gasteiger partial charge in [-0.1, -0.05) is 11.6 Å². The maximum atomic E-state index is 16.8. The number of piperazine rings is 1. The van der Waals surface area contributed by atoms with E-state index in [0.717, 1.165) is 51.1 Å². The summed E-state index contributed by atoms with van der Waals surface area (Å²) in [7, 11) is 0. The van der Waals surface area contributed by atoms with Gasteiger partial charge < -0.3 is 20.7 Å². The van der Waals surface area contributed by atoms with E-state index in [2.05, 4.69) is 25.1 Å². The van der Waals surface area contributed by atoms with Crippen LogP contribution >= 0.6 is 11.6 Å². The van der Waals surface area contributed by atoms with Crippen LogP contribution in [0.4, 0.5) is 33.6 Å². The van der Waals surface area contributed by atoms with Crippen molar-refractivity contribution in [1.82, 2.24) is 25.2 Å². The molecule has 3 atom stereocenters. The van der Waals surface area contributed by atoms with Crippen LogP contribution in [0.5, 0.6) is 6.01 Å². The number of halogens is 6. The number of alkyl halides is 3. The van der Waals surface area contributed by atoms with Gasteiger partial charge in [0.2, 0.25) is 0 Å². The Morgan fingerprint density at radius 1 is 1.17 bits per heavy atom. The minimum Gasteiger partial charge on any atom is -0.461 e. The zero-order valence-electron chi connectivity index (χ0n) is 25.9. The molecule has 14 heteroatoms. The zero-order valence-corrected chi connectivity index (χ0v) is 26.6. The first-order valence-corrected chi connectivity index (χ1v) is 16.5. The molecule has 0 spiro atoms. The number of nitrogens with two attached hydrogens (primary N) is 1. The van der Waals surface area contributed by atoms with Crippen LogP contribution in [-0.4, -0.2) is 69.8 Å². The van der Waals surface area contributed by atoms with Crippen molar-refractivity contribution >= 4 is 34.1 Å². The van der Waals surface area contributed by atoms with E-state index in [9.17, 15) is 17.6 Å².